The molecule has 0 fully saturated rings. The van der Waals surface area contributed by atoms with Crippen molar-refractivity contribution < 1.29 is 87.5 Å². The number of nitrogens with zero attached hydrogens (tertiary/aromatic N) is 1. The van der Waals surface area contributed by atoms with Gasteiger partial charge in [-0.05, 0) is 73.6 Å². The highest BCUT2D eigenvalue weighted by molar-refractivity contribution is 6.00. The molecule has 0 unspecified atom stereocenters. The molecule has 6 aromatic rings. The zero-order valence-electron chi connectivity index (χ0n) is 55.2. The number of amides is 10. The van der Waals surface area contributed by atoms with Crippen molar-refractivity contribution in [3.05, 3.63) is 174 Å². The number of nitrogens with one attached hydrogen (secondary N) is 11. The fourth-order valence-corrected chi connectivity index (χ4v) is 9.98. The van der Waals surface area contributed by atoms with Gasteiger partial charge in [-0.2, -0.15) is 0 Å². The number of hydrogen-bond donors (Lipinski definition) is 17. The average Bonchev–Trinajstić information content (AvgIpc) is 0.931. The van der Waals surface area contributed by atoms with E-state index in [2.05, 4.69) is 52.5 Å². The van der Waals surface area contributed by atoms with Crippen LogP contribution < -0.4 is 58.9 Å². The smallest absolute Gasteiger partial charge is 0.326 e. The second kappa shape index (κ2) is 36.3. The molecular formula is C69H82FN13O17. The molecule has 0 spiro atoms. The topological polar surface area (TPSA) is 481 Å². The maximum Gasteiger partial charge on any atom is 0.326 e. The lowest BCUT2D eigenvalue weighted by Gasteiger charge is -2.32. The van der Waals surface area contributed by atoms with Crippen molar-refractivity contribution in [3.63, 3.8) is 0 Å². The molecule has 0 radical (unpaired) electrons. The molecule has 11 atom stereocenters. The molecule has 1 aromatic heterocycles. The van der Waals surface area contributed by atoms with E-state index in [1.165, 1.54) is 51.4 Å². The third-order valence-corrected chi connectivity index (χ3v) is 15.8. The maximum absolute atomic E-state index is 17.2. The number of nitrogens with two attached hydrogens (primary N) is 1. The number of alkyl halides is 1. The first-order valence-electron chi connectivity index (χ1n) is 31.6. The molecule has 6 rings (SSSR count). The minimum Gasteiger partial charge on any atom is -0.481 e. The highest BCUT2D eigenvalue weighted by atomic mass is 19.1. The average molecular weight is 1380 g/mol. The summed E-state index contributed by atoms with van der Waals surface area (Å²) < 4.78 is 17.2. The number of carboxylic acid groups (broad SMARTS) is 2. The van der Waals surface area contributed by atoms with Gasteiger partial charge in [-0.25, -0.2) is 14.2 Å². The van der Waals surface area contributed by atoms with E-state index in [0.29, 0.717) is 29.3 Å². The van der Waals surface area contributed by atoms with Crippen LogP contribution >= 0.6 is 0 Å². The van der Waals surface area contributed by atoms with Crippen LogP contribution in [0.2, 0.25) is 0 Å². The van der Waals surface area contributed by atoms with Crippen LogP contribution in [-0.2, 0) is 83.2 Å². The molecule has 532 valence electrons. The molecule has 0 saturated carbocycles. The molecule has 31 heteroatoms. The number of rotatable bonds is 36. The molecule has 0 aliphatic heterocycles. The van der Waals surface area contributed by atoms with E-state index in [4.69, 9.17) is 5.73 Å². The van der Waals surface area contributed by atoms with Gasteiger partial charge in [-0.15, -0.1) is 0 Å². The first-order valence-corrected chi connectivity index (χ1v) is 31.6. The van der Waals surface area contributed by atoms with Crippen LogP contribution in [0.4, 0.5) is 4.39 Å². The van der Waals surface area contributed by atoms with Gasteiger partial charge in [0.15, 0.2) is 0 Å². The number of carbonyl (C=O) groups excluding carboxylic acids is 10. The van der Waals surface area contributed by atoms with Crippen molar-refractivity contribution in [3.8, 4) is 22.3 Å². The highest BCUT2D eigenvalue weighted by Crippen LogP contribution is 2.23. The summed E-state index contributed by atoms with van der Waals surface area (Å²) in [5, 5.41) is 74.3. The van der Waals surface area contributed by atoms with Gasteiger partial charge in [0.1, 0.15) is 53.9 Å². The van der Waals surface area contributed by atoms with Crippen LogP contribution in [0.25, 0.3) is 22.3 Å². The molecule has 0 saturated heterocycles. The van der Waals surface area contributed by atoms with Crippen molar-refractivity contribution in [2.45, 2.75) is 139 Å². The number of H-pyrrole nitrogens is 1. The summed E-state index contributed by atoms with van der Waals surface area (Å²) >= 11 is 0. The van der Waals surface area contributed by atoms with E-state index in [9.17, 15) is 83.1 Å². The Morgan fingerprint density at radius 3 is 1.46 bits per heavy atom. The summed E-state index contributed by atoms with van der Waals surface area (Å²) in [6, 6.07) is 25.9. The van der Waals surface area contributed by atoms with Gasteiger partial charge in [0, 0.05) is 31.9 Å². The molecule has 1 heterocycles. The van der Waals surface area contributed by atoms with Gasteiger partial charge < -0.3 is 89.4 Å². The Labute approximate surface area is 573 Å². The van der Waals surface area contributed by atoms with E-state index in [-0.39, 0.29) is 19.3 Å². The van der Waals surface area contributed by atoms with E-state index in [0.717, 1.165) is 29.2 Å². The predicted molar refractivity (Wildman–Crippen MR) is 358 cm³/mol. The summed E-state index contributed by atoms with van der Waals surface area (Å²) in [7, 11) is 0. The van der Waals surface area contributed by atoms with Gasteiger partial charge in [-0.1, -0.05) is 140 Å². The minimum atomic E-state index is -3.95. The minimum absolute atomic E-state index is 0.0489. The summed E-state index contributed by atoms with van der Waals surface area (Å²) in [6.07, 6.45) is -3.51. The number of benzene rings is 5. The number of aromatic nitrogens is 2. The lowest BCUT2D eigenvalue weighted by molar-refractivity contribution is -0.153. The number of carbonyl (C=O) groups is 12. The molecule has 0 aliphatic carbocycles. The Kier molecular flexibility index (Phi) is 28.3. The van der Waals surface area contributed by atoms with Crippen LogP contribution in [0, 0.1) is 0 Å². The first-order chi connectivity index (χ1) is 47.4. The number of imidazole rings is 1. The number of aliphatic hydroxyl groups is 3. The molecule has 5 aromatic carbocycles. The summed E-state index contributed by atoms with van der Waals surface area (Å²) in [4.78, 5) is 169. The lowest BCUT2D eigenvalue weighted by atomic mass is 9.98. The standard InChI is InChI=1S/C69H82FN13O17/c1-38(75-66(99)68(4,5)82-59(91)49(71)32-48-34-72-37-74-48)58(90)73-35-55(87)81-57(39(2)85)64(96)78-51(29-41-15-9-6-10-16-41)63(95)83-69(70,40(3)86)67(100)80-54(36-84)62(94)77-52(33-56(88)89)61(93)76-50(30-42-21-25-46(26-22-42)44-17-11-7-12-18-44)60(92)79-53(65(97)98)31-43-23-27-47(28-24-43)45-19-13-8-14-20-45/h6-28,34,37-40,49-54,57,84-86H,29-33,35-36,71H2,1-5H3,(H,72,74)(H,73,90)(H,75,99)(H,76,93)(H,77,94)(H,78,96)(H,79,92)(H,80,100)(H,81,87)(H,82,91)(H,83,95)(H,88,89)(H,97,98)/t38-,39+,40+,49-,50-,51-,52-,53-,54-,57-,69-/m0/s1. The van der Waals surface area contributed by atoms with Crippen molar-refractivity contribution in [1.82, 2.24) is 63.1 Å². The number of aromatic amines is 1. The van der Waals surface area contributed by atoms with Crippen molar-refractivity contribution >= 4 is 71.0 Å². The fourth-order valence-electron chi connectivity index (χ4n) is 9.98. The lowest BCUT2D eigenvalue weighted by Crippen LogP contribution is -2.67. The Hall–Kier alpha value is -11.3. The van der Waals surface area contributed by atoms with Crippen LogP contribution in [0.15, 0.2) is 152 Å². The molecule has 10 amide bonds. The maximum atomic E-state index is 17.2. The number of carboxylic acids is 2. The van der Waals surface area contributed by atoms with Crippen molar-refractivity contribution in [2.75, 3.05) is 13.2 Å². The predicted octanol–water partition coefficient (Wildman–Crippen LogP) is -1.14. The highest BCUT2D eigenvalue weighted by Gasteiger charge is 2.48. The van der Waals surface area contributed by atoms with Crippen molar-refractivity contribution in [1.29, 1.82) is 0 Å². The molecule has 0 aliphatic rings. The van der Waals surface area contributed by atoms with Crippen LogP contribution in [-0.4, -0.2) is 192 Å². The number of aliphatic hydroxyl groups excluding tert-OH is 3. The van der Waals surface area contributed by atoms with Gasteiger partial charge in [0.05, 0.1) is 43.7 Å². The zero-order chi connectivity index (χ0) is 73.4. The number of halogens is 1. The third kappa shape index (κ3) is 22.9. The Bertz CT molecular complexity index is 3820. The summed E-state index contributed by atoms with van der Waals surface area (Å²) in [6.45, 7) is 3.49. The van der Waals surface area contributed by atoms with E-state index >= 15 is 4.39 Å². The Morgan fingerprint density at radius 2 is 0.970 bits per heavy atom. The monoisotopic (exact) mass is 1380 g/mol. The van der Waals surface area contributed by atoms with Gasteiger partial charge >= 0.3 is 11.9 Å². The molecule has 0 bridgehead atoms. The first kappa shape index (κ1) is 77.7. The van der Waals surface area contributed by atoms with Crippen LogP contribution in [0.3, 0.4) is 0 Å². The van der Waals surface area contributed by atoms with Crippen molar-refractivity contribution in [2.24, 2.45) is 5.73 Å². The van der Waals surface area contributed by atoms with E-state index in [1.54, 1.807) is 66.1 Å². The van der Waals surface area contributed by atoms with E-state index < -0.39 is 169 Å². The molecular weight excluding hydrogens is 1300 g/mol. The number of aliphatic carboxylic acids is 2. The SMILES string of the molecule is C[C@H](NC(=O)C(C)(C)NC(=O)[C@@H](N)Cc1c[nH]cn1)C(=O)NCC(=O)N[C@H](C(=O)N[C@@H](Cc1ccccc1)C(=O)N[C@](F)(C(=O)N[C@@H](CO)C(=O)N[C@@H](CC(=O)O)C(=O)N[C@@H](Cc1ccc(-c2ccccc2)cc1)C(=O)N[C@@H](Cc1ccc(-c2ccccc2)cc1)C(=O)O)[C@@H](C)O)[C@@H](C)O. The molecule has 30 nitrogen and oxygen atoms in total. The van der Waals surface area contributed by atoms with E-state index in [1.807, 2.05) is 66.0 Å². The summed E-state index contributed by atoms with van der Waals surface area (Å²) in [5.74, 6) is -19.3. The van der Waals surface area contributed by atoms with Gasteiger partial charge in [0.2, 0.25) is 53.2 Å². The second-order valence-corrected chi connectivity index (χ2v) is 24.2. The largest absolute Gasteiger partial charge is 0.481 e. The normalized spacial score (nSPS) is 14.8. The molecule has 18 N–H and O–H groups in total. The van der Waals surface area contributed by atoms with Crippen LogP contribution in [0.5, 0.6) is 0 Å². The van der Waals surface area contributed by atoms with Gasteiger partial charge in [-0.3, -0.25) is 52.7 Å². The van der Waals surface area contributed by atoms with Gasteiger partial charge in [0.25, 0.3) is 11.7 Å². The zero-order valence-corrected chi connectivity index (χ0v) is 55.2. The quantitative estimate of drug-likeness (QED) is 0.0207. The third-order valence-electron chi connectivity index (χ3n) is 15.8. The fraction of sp³-hybridized carbons (Fsp3) is 0.348. The second-order valence-electron chi connectivity index (χ2n) is 24.2. The summed E-state index contributed by atoms with van der Waals surface area (Å²) in [5.41, 5.74) is 9.49. The number of hydrogen-bond acceptors (Lipinski definition) is 17. The van der Waals surface area contributed by atoms with Crippen LogP contribution in [0.1, 0.15) is 63.4 Å². The molecule has 100 heavy (non-hydrogen) atoms. The Morgan fingerprint density at radius 1 is 0.510 bits per heavy atom. The Balaban J connectivity index is 1.12.